The first-order chi connectivity index (χ1) is 15.6. The number of hydrogen-bond acceptors (Lipinski definition) is 11. The molecule has 1 aromatic carbocycles. The van der Waals surface area contributed by atoms with E-state index in [1.807, 2.05) is 0 Å². The Morgan fingerprint density at radius 2 is 1.76 bits per heavy atom. The standard InChI is InChI=1S/C20H20N8O5/c1-28(8-10-7-24-18-15(25-10)17(22)26-20(23)27-18)11-4-2-9(3-5-11)16(31)14(19(32)33)12(21)6-13(29)30/h2-5,7,14,21H,6,8H2,1H3,(H,29,30)(H,32,33)(H4,22,23,24,26,27)/t14-/m0/s1. The molecule has 3 aromatic rings. The fraction of sp³-hybridized carbons (Fsp3) is 0.200. The van der Waals surface area contributed by atoms with Gasteiger partial charge in [-0.05, 0) is 24.3 Å². The number of nitrogens with one attached hydrogen (secondary N) is 1. The van der Waals surface area contributed by atoms with Gasteiger partial charge < -0.3 is 32.0 Å². The molecule has 0 aliphatic rings. The Morgan fingerprint density at radius 1 is 1.09 bits per heavy atom. The molecule has 13 nitrogen and oxygen atoms in total. The molecule has 1 atom stereocenters. The normalized spacial score (nSPS) is 11.7. The molecule has 0 saturated carbocycles. The van der Waals surface area contributed by atoms with Gasteiger partial charge in [0.2, 0.25) is 5.95 Å². The number of nitrogen functional groups attached to an aromatic ring is 2. The molecule has 0 bridgehead atoms. The number of Topliss-reactive ketones (excluding diaryl/α,β-unsaturated/α-hetero) is 1. The molecule has 0 unspecified atom stereocenters. The number of rotatable bonds is 9. The number of carboxylic acid groups (broad SMARTS) is 2. The predicted octanol–water partition coefficient (Wildman–Crippen LogP) is 0.599. The summed E-state index contributed by atoms with van der Waals surface area (Å²) in [6.07, 6.45) is 0.687. The van der Waals surface area contributed by atoms with Gasteiger partial charge in [-0.25, -0.2) is 9.97 Å². The molecule has 33 heavy (non-hydrogen) atoms. The predicted molar refractivity (Wildman–Crippen MR) is 118 cm³/mol. The largest absolute Gasteiger partial charge is 0.481 e. The highest BCUT2D eigenvalue weighted by Gasteiger charge is 2.32. The molecule has 170 valence electrons. The van der Waals surface area contributed by atoms with Crippen LogP contribution < -0.4 is 16.4 Å². The molecule has 0 aliphatic heterocycles. The number of carbonyl (C=O) groups is 3. The Hall–Kier alpha value is -4.68. The van der Waals surface area contributed by atoms with Crippen molar-refractivity contribution in [2.75, 3.05) is 23.4 Å². The van der Waals surface area contributed by atoms with Crippen molar-refractivity contribution in [2.24, 2.45) is 5.92 Å². The third kappa shape index (κ3) is 5.15. The quantitative estimate of drug-likeness (QED) is 0.171. The van der Waals surface area contributed by atoms with E-state index in [1.165, 1.54) is 18.3 Å². The van der Waals surface area contributed by atoms with E-state index >= 15 is 0 Å². The van der Waals surface area contributed by atoms with Crippen LogP contribution in [0, 0.1) is 11.3 Å². The van der Waals surface area contributed by atoms with Crippen LogP contribution in [0.25, 0.3) is 11.2 Å². The van der Waals surface area contributed by atoms with Crippen LogP contribution in [0.5, 0.6) is 0 Å². The van der Waals surface area contributed by atoms with Crippen LogP contribution in [0.2, 0.25) is 0 Å². The zero-order valence-corrected chi connectivity index (χ0v) is 17.4. The molecule has 2 aromatic heterocycles. The summed E-state index contributed by atoms with van der Waals surface area (Å²) in [7, 11) is 1.77. The SMILES string of the molecule is CN(Cc1cnc2nc(N)nc(N)c2n1)c1ccc(C(=O)[C@H](C(=N)CC(=O)O)C(=O)O)cc1. The Bertz CT molecular complexity index is 1260. The summed E-state index contributed by atoms with van der Waals surface area (Å²) in [5.74, 6) is -5.58. The smallest absolute Gasteiger partial charge is 0.320 e. The second-order valence-electron chi connectivity index (χ2n) is 7.13. The number of aromatic nitrogens is 4. The Labute approximate surface area is 186 Å². The fourth-order valence-corrected chi connectivity index (χ4v) is 3.12. The first kappa shape index (κ1) is 23.0. The third-order valence-electron chi connectivity index (χ3n) is 4.69. The Morgan fingerprint density at radius 3 is 2.36 bits per heavy atom. The second kappa shape index (κ2) is 9.21. The number of aliphatic carboxylic acids is 2. The number of fused-ring (bicyclic) bond motifs is 1. The summed E-state index contributed by atoms with van der Waals surface area (Å²) >= 11 is 0. The van der Waals surface area contributed by atoms with Gasteiger partial charge in [-0.2, -0.15) is 9.97 Å². The van der Waals surface area contributed by atoms with E-state index in [9.17, 15) is 19.5 Å². The molecule has 7 N–H and O–H groups in total. The lowest BCUT2D eigenvalue weighted by molar-refractivity contribution is -0.138. The van der Waals surface area contributed by atoms with E-state index in [2.05, 4.69) is 19.9 Å². The van der Waals surface area contributed by atoms with Gasteiger partial charge in [0.05, 0.1) is 24.9 Å². The van der Waals surface area contributed by atoms with Crippen molar-refractivity contribution in [2.45, 2.75) is 13.0 Å². The summed E-state index contributed by atoms with van der Waals surface area (Å²) in [5, 5.41) is 25.8. The van der Waals surface area contributed by atoms with Crippen molar-refractivity contribution in [1.29, 1.82) is 5.41 Å². The summed E-state index contributed by atoms with van der Waals surface area (Å²) in [4.78, 5) is 53.1. The molecular weight excluding hydrogens is 432 g/mol. The van der Waals surface area contributed by atoms with Crippen molar-refractivity contribution in [3.63, 3.8) is 0 Å². The lowest BCUT2D eigenvalue weighted by atomic mass is 9.91. The molecule has 0 spiro atoms. The van der Waals surface area contributed by atoms with Gasteiger partial charge in [-0.1, -0.05) is 0 Å². The minimum atomic E-state index is -1.86. The number of hydrogen-bond donors (Lipinski definition) is 5. The van der Waals surface area contributed by atoms with Crippen LogP contribution in [0.15, 0.2) is 30.5 Å². The second-order valence-corrected chi connectivity index (χ2v) is 7.13. The number of carbonyl (C=O) groups excluding carboxylic acids is 1. The van der Waals surface area contributed by atoms with Crippen molar-refractivity contribution in [1.82, 2.24) is 19.9 Å². The summed E-state index contributed by atoms with van der Waals surface area (Å²) in [6, 6.07) is 6.02. The van der Waals surface area contributed by atoms with Crippen molar-refractivity contribution < 1.29 is 24.6 Å². The summed E-state index contributed by atoms with van der Waals surface area (Å²) in [6.45, 7) is 0.320. The average molecular weight is 452 g/mol. The minimum Gasteiger partial charge on any atom is -0.481 e. The maximum absolute atomic E-state index is 12.6. The number of carboxylic acids is 2. The van der Waals surface area contributed by atoms with Crippen LogP contribution in [0.3, 0.4) is 0 Å². The molecule has 3 rings (SSSR count). The van der Waals surface area contributed by atoms with Crippen molar-refractivity contribution in [3.8, 4) is 0 Å². The Balaban J connectivity index is 1.77. The van der Waals surface area contributed by atoms with E-state index in [4.69, 9.17) is 22.0 Å². The maximum Gasteiger partial charge on any atom is 0.320 e. The van der Waals surface area contributed by atoms with Gasteiger partial charge in [-0.15, -0.1) is 0 Å². The van der Waals surface area contributed by atoms with Gasteiger partial charge in [0, 0.05) is 24.0 Å². The van der Waals surface area contributed by atoms with E-state index in [0.29, 0.717) is 23.4 Å². The van der Waals surface area contributed by atoms with E-state index < -0.39 is 35.8 Å². The summed E-state index contributed by atoms with van der Waals surface area (Å²) in [5.41, 5.74) is 12.6. The molecule has 0 amide bonds. The van der Waals surface area contributed by atoms with Gasteiger partial charge in [0.1, 0.15) is 0 Å². The highest BCUT2D eigenvalue weighted by atomic mass is 16.4. The number of nitrogens with two attached hydrogens (primary N) is 2. The van der Waals surface area contributed by atoms with Gasteiger partial charge in [-0.3, -0.25) is 14.4 Å². The van der Waals surface area contributed by atoms with E-state index in [1.54, 1.807) is 24.1 Å². The lowest BCUT2D eigenvalue weighted by Crippen LogP contribution is -2.32. The van der Waals surface area contributed by atoms with E-state index in [-0.39, 0.29) is 23.0 Å². The molecular formula is C20H20N8O5. The summed E-state index contributed by atoms with van der Waals surface area (Å²) < 4.78 is 0. The zero-order valence-electron chi connectivity index (χ0n) is 17.4. The Kier molecular flexibility index (Phi) is 6.42. The van der Waals surface area contributed by atoms with Crippen LogP contribution in [0.4, 0.5) is 17.5 Å². The number of anilines is 3. The van der Waals surface area contributed by atoms with Crippen LogP contribution in [-0.4, -0.2) is 60.6 Å². The molecule has 0 aliphatic carbocycles. The molecule has 0 radical (unpaired) electrons. The maximum atomic E-state index is 12.6. The number of benzene rings is 1. The monoisotopic (exact) mass is 452 g/mol. The van der Waals surface area contributed by atoms with Gasteiger partial charge in [0.15, 0.2) is 28.7 Å². The first-order valence-electron chi connectivity index (χ1n) is 9.48. The lowest BCUT2D eigenvalue weighted by Gasteiger charge is -2.19. The fourth-order valence-electron chi connectivity index (χ4n) is 3.12. The highest BCUT2D eigenvalue weighted by molar-refractivity contribution is 6.24. The van der Waals surface area contributed by atoms with Gasteiger partial charge in [0.25, 0.3) is 0 Å². The molecule has 0 fully saturated rings. The molecule has 0 saturated heterocycles. The topological polar surface area (TPSA) is 222 Å². The minimum absolute atomic E-state index is 0.00274. The molecule has 2 heterocycles. The van der Waals surface area contributed by atoms with Gasteiger partial charge >= 0.3 is 11.9 Å². The zero-order chi connectivity index (χ0) is 24.3. The number of ketones is 1. The first-order valence-corrected chi connectivity index (χ1v) is 9.48. The molecule has 13 heteroatoms. The van der Waals surface area contributed by atoms with Crippen molar-refractivity contribution >= 4 is 52.1 Å². The average Bonchev–Trinajstić information content (AvgIpc) is 2.73. The van der Waals surface area contributed by atoms with Crippen LogP contribution in [-0.2, 0) is 16.1 Å². The third-order valence-corrected chi connectivity index (χ3v) is 4.69. The van der Waals surface area contributed by atoms with Crippen molar-refractivity contribution in [3.05, 3.63) is 41.7 Å². The van der Waals surface area contributed by atoms with E-state index in [0.717, 1.165) is 0 Å². The number of nitrogens with zero attached hydrogens (tertiary/aromatic N) is 5. The van der Waals surface area contributed by atoms with Crippen LogP contribution in [0.1, 0.15) is 22.5 Å². The van der Waals surface area contributed by atoms with Crippen LogP contribution >= 0.6 is 0 Å². The highest BCUT2D eigenvalue weighted by Crippen LogP contribution is 2.20.